The zero-order chi connectivity index (χ0) is 55.0. The van der Waals surface area contributed by atoms with Crippen LogP contribution in [0.5, 0.6) is 0 Å². The van der Waals surface area contributed by atoms with Gasteiger partial charge in [-0.15, -0.1) is 0 Å². The van der Waals surface area contributed by atoms with Crippen LogP contribution in [0.3, 0.4) is 0 Å². The highest BCUT2D eigenvalue weighted by molar-refractivity contribution is 5.76. The predicted octanol–water partition coefficient (Wildman–Crippen LogP) is 21.9. The standard InChI is InChI=1S/C70H133NO5/c1-3-5-7-9-11-13-15-16-41-44-48-52-56-60-64-70(75)76-65-61-57-53-49-45-42-39-37-35-33-31-29-27-25-23-21-19-17-18-20-22-24-26-28-30-32-34-36-38-40-43-47-51-55-59-63-69(74)71-67(66-72)68(73)62-58-54-50-46-14-12-10-8-6-4-2/h19,21,25,27,58,62,67-68,72-73H,3-18,20,22-24,26,28-57,59-61,63-66H2,1-2H3,(H,71,74)/b21-19-,27-25-,62-58+. The topological polar surface area (TPSA) is 95.9 Å². The number of hydrogen-bond acceptors (Lipinski definition) is 5. The van der Waals surface area contributed by atoms with Crippen LogP contribution in [0.2, 0.25) is 0 Å². The molecule has 76 heavy (non-hydrogen) atoms. The van der Waals surface area contributed by atoms with Crippen LogP contribution in [0.15, 0.2) is 36.5 Å². The number of hydrogen-bond donors (Lipinski definition) is 3. The number of aliphatic hydroxyl groups is 2. The van der Waals surface area contributed by atoms with Gasteiger partial charge in [0.05, 0.1) is 25.4 Å². The van der Waals surface area contributed by atoms with E-state index in [1.54, 1.807) is 6.08 Å². The van der Waals surface area contributed by atoms with E-state index in [-0.39, 0.29) is 18.5 Å². The molecular weight excluding hydrogens is 935 g/mol. The van der Waals surface area contributed by atoms with Crippen LogP contribution < -0.4 is 5.32 Å². The summed E-state index contributed by atoms with van der Waals surface area (Å²) in [7, 11) is 0. The molecular formula is C70H133NO5. The van der Waals surface area contributed by atoms with Crippen molar-refractivity contribution < 1.29 is 24.5 Å². The van der Waals surface area contributed by atoms with E-state index in [0.29, 0.717) is 19.4 Å². The van der Waals surface area contributed by atoms with Crippen LogP contribution in [-0.4, -0.2) is 47.4 Å². The van der Waals surface area contributed by atoms with Gasteiger partial charge in [0.25, 0.3) is 0 Å². The first-order valence-corrected chi connectivity index (χ1v) is 34.3. The predicted molar refractivity (Wildman–Crippen MR) is 333 cm³/mol. The number of allylic oxidation sites excluding steroid dienone is 5. The first-order chi connectivity index (χ1) is 37.5. The van der Waals surface area contributed by atoms with Crippen LogP contribution in [0.1, 0.15) is 373 Å². The number of amides is 1. The Labute approximate surface area is 474 Å². The van der Waals surface area contributed by atoms with Crippen LogP contribution in [0, 0.1) is 0 Å². The molecule has 0 rings (SSSR count). The second kappa shape index (κ2) is 65.6. The fourth-order valence-corrected chi connectivity index (χ4v) is 10.7. The van der Waals surface area contributed by atoms with E-state index in [1.165, 1.54) is 302 Å². The van der Waals surface area contributed by atoms with Crippen LogP contribution in [0.4, 0.5) is 0 Å². The molecule has 6 nitrogen and oxygen atoms in total. The number of carbonyl (C=O) groups excluding carboxylic acids is 2. The van der Waals surface area contributed by atoms with Crippen LogP contribution >= 0.6 is 0 Å². The van der Waals surface area contributed by atoms with Crippen LogP contribution in [0.25, 0.3) is 0 Å². The average Bonchev–Trinajstić information content (AvgIpc) is 3.42. The van der Waals surface area contributed by atoms with Gasteiger partial charge in [-0.05, 0) is 64.2 Å². The lowest BCUT2D eigenvalue weighted by Crippen LogP contribution is -2.45. The second-order valence-corrected chi connectivity index (χ2v) is 23.5. The summed E-state index contributed by atoms with van der Waals surface area (Å²) < 4.78 is 5.49. The third kappa shape index (κ3) is 61.3. The molecule has 0 aliphatic rings. The summed E-state index contributed by atoms with van der Waals surface area (Å²) in [6, 6.07) is -0.624. The molecule has 0 aromatic heterocycles. The zero-order valence-electron chi connectivity index (χ0n) is 51.3. The molecule has 3 N–H and O–H groups in total. The number of nitrogens with one attached hydrogen (secondary N) is 1. The lowest BCUT2D eigenvalue weighted by atomic mass is 10.0. The minimum Gasteiger partial charge on any atom is -0.466 e. The average molecular weight is 1070 g/mol. The fraction of sp³-hybridized carbons (Fsp3) is 0.886. The summed E-state index contributed by atoms with van der Waals surface area (Å²) in [5, 5.41) is 23.0. The van der Waals surface area contributed by atoms with Gasteiger partial charge in [0, 0.05) is 12.8 Å². The Hall–Kier alpha value is -1.92. The van der Waals surface area contributed by atoms with Gasteiger partial charge in [0.1, 0.15) is 0 Å². The second-order valence-electron chi connectivity index (χ2n) is 23.5. The maximum Gasteiger partial charge on any atom is 0.305 e. The van der Waals surface area contributed by atoms with Gasteiger partial charge in [-0.25, -0.2) is 0 Å². The zero-order valence-corrected chi connectivity index (χ0v) is 51.3. The van der Waals surface area contributed by atoms with Crippen molar-refractivity contribution in [3.8, 4) is 0 Å². The Morgan fingerprint density at radius 2 is 0.658 bits per heavy atom. The summed E-state index contributed by atoms with van der Waals surface area (Å²) in [6.45, 7) is 4.91. The molecule has 2 unspecified atom stereocenters. The molecule has 0 aliphatic heterocycles. The van der Waals surface area contributed by atoms with E-state index >= 15 is 0 Å². The highest BCUT2D eigenvalue weighted by Crippen LogP contribution is 2.18. The maximum atomic E-state index is 12.4. The molecule has 0 saturated heterocycles. The van der Waals surface area contributed by atoms with Gasteiger partial charge in [-0.2, -0.15) is 0 Å². The largest absolute Gasteiger partial charge is 0.466 e. The Bertz CT molecular complexity index is 1230. The molecule has 0 aromatic carbocycles. The molecule has 0 spiro atoms. The molecule has 0 bridgehead atoms. The summed E-state index contributed by atoms with van der Waals surface area (Å²) in [5.41, 5.74) is 0. The van der Waals surface area contributed by atoms with Crippen molar-refractivity contribution in [2.24, 2.45) is 0 Å². The van der Waals surface area contributed by atoms with Gasteiger partial charge >= 0.3 is 5.97 Å². The Morgan fingerprint density at radius 3 is 1.00 bits per heavy atom. The minimum absolute atomic E-state index is 0.0190. The SMILES string of the molecule is CCCCCCCCCC/C=C/C(O)C(CO)NC(=O)CCCCCCCCCCCCCCCCCCC/C=C\C/C=C\CCCCCCCCCCCCCOC(=O)CCCCCCCCCCCCCCCC. The minimum atomic E-state index is -0.841. The van der Waals surface area contributed by atoms with E-state index in [4.69, 9.17) is 4.74 Å². The van der Waals surface area contributed by atoms with Crippen molar-refractivity contribution in [2.45, 2.75) is 386 Å². The van der Waals surface area contributed by atoms with E-state index < -0.39 is 12.1 Å². The van der Waals surface area contributed by atoms with Crippen molar-refractivity contribution in [1.82, 2.24) is 5.32 Å². The molecule has 0 aromatic rings. The lowest BCUT2D eigenvalue weighted by Gasteiger charge is -2.20. The monoisotopic (exact) mass is 1070 g/mol. The quantitative estimate of drug-likeness (QED) is 0.0320. The Kier molecular flexibility index (Phi) is 63.9. The number of ether oxygens (including phenoxy) is 1. The summed E-state index contributed by atoms with van der Waals surface area (Å²) >= 11 is 0. The van der Waals surface area contributed by atoms with Gasteiger partial charge in [0.2, 0.25) is 5.91 Å². The fourth-order valence-electron chi connectivity index (χ4n) is 10.7. The van der Waals surface area contributed by atoms with Crippen molar-refractivity contribution >= 4 is 11.9 Å². The molecule has 0 aliphatic carbocycles. The molecule has 0 saturated carbocycles. The normalized spacial score (nSPS) is 12.7. The third-order valence-corrected chi connectivity index (χ3v) is 15.9. The number of esters is 1. The Balaban J connectivity index is 3.35. The Morgan fingerprint density at radius 1 is 0.368 bits per heavy atom. The molecule has 6 heteroatoms. The third-order valence-electron chi connectivity index (χ3n) is 15.9. The van der Waals surface area contributed by atoms with Crippen molar-refractivity contribution in [3.05, 3.63) is 36.5 Å². The molecule has 448 valence electrons. The molecule has 1 amide bonds. The first kappa shape index (κ1) is 74.1. The van der Waals surface area contributed by atoms with Crippen molar-refractivity contribution in [1.29, 1.82) is 0 Å². The number of aliphatic hydroxyl groups excluding tert-OH is 2. The van der Waals surface area contributed by atoms with Gasteiger partial charge in [-0.1, -0.05) is 333 Å². The van der Waals surface area contributed by atoms with Crippen molar-refractivity contribution in [3.63, 3.8) is 0 Å². The van der Waals surface area contributed by atoms with E-state index in [2.05, 4.69) is 43.5 Å². The van der Waals surface area contributed by atoms with Gasteiger partial charge < -0.3 is 20.3 Å². The smallest absolute Gasteiger partial charge is 0.305 e. The van der Waals surface area contributed by atoms with Gasteiger partial charge in [0.15, 0.2) is 0 Å². The lowest BCUT2D eigenvalue weighted by molar-refractivity contribution is -0.143. The summed E-state index contributed by atoms with van der Waals surface area (Å²) in [4.78, 5) is 24.5. The number of unbranched alkanes of at least 4 members (excludes halogenated alkanes) is 49. The van der Waals surface area contributed by atoms with E-state index in [9.17, 15) is 19.8 Å². The first-order valence-electron chi connectivity index (χ1n) is 34.3. The molecule has 2 atom stereocenters. The van der Waals surface area contributed by atoms with Crippen molar-refractivity contribution in [2.75, 3.05) is 13.2 Å². The maximum absolute atomic E-state index is 12.4. The highest BCUT2D eigenvalue weighted by atomic mass is 16.5. The van der Waals surface area contributed by atoms with Gasteiger partial charge in [-0.3, -0.25) is 9.59 Å². The highest BCUT2D eigenvalue weighted by Gasteiger charge is 2.18. The molecule has 0 fully saturated rings. The van der Waals surface area contributed by atoms with Crippen LogP contribution in [-0.2, 0) is 14.3 Å². The number of carbonyl (C=O) groups is 2. The summed E-state index contributed by atoms with van der Waals surface area (Å²) in [6.07, 6.45) is 83.8. The number of rotatable bonds is 64. The molecule has 0 heterocycles. The molecule has 0 radical (unpaired) electrons. The van der Waals surface area contributed by atoms with E-state index in [1.807, 2.05) is 6.08 Å². The summed E-state index contributed by atoms with van der Waals surface area (Å²) in [5.74, 6) is -0.0475. The van der Waals surface area contributed by atoms with E-state index in [0.717, 1.165) is 44.9 Å².